The van der Waals surface area contributed by atoms with E-state index in [1.807, 2.05) is 30.3 Å². The van der Waals surface area contributed by atoms with Crippen LogP contribution >= 0.6 is 0 Å². The average molecular weight is 427 g/mol. The second kappa shape index (κ2) is 10.4. The third kappa shape index (κ3) is 5.73. The van der Waals surface area contributed by atoms with Gasteiger partial charge in [0.05, 0.1) is 39.6 Å². The first-order chi connectivity index (χ1) is 15.0. The SMILES string of the molecule is COc1ccc(OC)c(NC(=O)C(=O)NCC(=O)N2CCOC(c3ccccc3)C2)c1. The lowest BCUT2D eigenvalue weighted by molar-refractivity contribution is -0.141. The van der Waals surface area contributed by atoms with Crippen molar-refractivity contribution in [2.45, 2.75) is 6.10 Å². The predicted molar refractivity (Wildman–Crippen MR) is 113 cm³/mol. The Labute approximate surface area is 180 Å². The summed E-state index contributed by atoms with van der Waals surface area (Å²) in [4.78, 5) is 38.6. The molecule has 3 amide bonds. The average Bonchev–Trinajstić information content (AvgIpc) is 2.82. The molecular weight excluding hydrogens is 402 g/mol. The Morgan fingerprint density at radius 2 is 1.84 bits per heavy atom. The van der Waals surface area contributed by atoms with E-state index in [4.69, 9.17) is 14.2 Å². The van der Waals surface area contributed by atoms with Crippen molar-refractivity contribution in [2.24, 2.45) is 0 Å². The summed E-state index contributed by atoms with van der Waals surface area (Å²) in [5.74, 6) is -1.26. The first kappa shape index (κ1) is 22.1. The van der Waals surface area contributed by atoms with E-state index in [0.29, 0.717) is 31.2 Å². The number of nitrogens with zero attached hydrogens (tertiary/aromatic N) is 1. The van der Waals surface area contributed by atoms with Crippen LogP contribution in [-0.2, 0) is 19.1 Å². The lowest BCUT2D eigenvalue weighted by Crippen LogP contribution is -2.48. The topological polar surface area (TPSA) is 106 Å². The van der Waals surface area contributed by atoms with E-state index in [0.717, 1.165) is 5.56 Å². The van der Waals surface area contributed by atoms with E-state index < -0.39 is 11.8 Å². The summed E-state index contributed by atoms with van der Waals surface area (Å²) in [6.45, 7) is 0.912. The highest BCUT2D eigenvalue weighted by Gasteiger charge is 2.26. The Kier molecular flexibility index (Phi) is 7.45. The summed E-state index contributed by atoms with van der Waals surface area (Å²) < 4.78 is 16.0. The molecule has 2 aromatic rings. The minimum absolute atomic E-state index is 0.224. The van der Waals surface area contributed by atoms with Crippen LogP contribution in [0.15, 0.2) is 48.5 Å². The molecule has 0 spiro atoms. The largest absolute Gasteiger partial charge is 0.497 e. The minimum atomic E-state index is -0.925. The fraction of sp³-hybridized carbons (Fsp3) is 0.318. The molecule has 9 heteroatoms. The molecule has 1 unspecified atom stereocenters. The maximum atomic E-state index is 12.5. The fourth-order valence-corrected chi connectivity index (χ4v) is 3.18. The minimum Gasteiger partial charge on any atom is -0.497 e. The molecule has 2 N–H and O–H groups in total. The Bertz CT molecular complexity index is 934. The number of hydrogen-bond acceptors (Lipinski definition) is 6. The van der Waals surface area contributed by atoms with Gasteiger partial charge in [0.2, 0.25) is 5.91 Å². The molecule has 1 saturated heterocycles. The van der Waals surface area contributed by atoms with Gasteiger partial charge in [-0.15, -0.1) is 0 Å². The Hall–Kier alpha value is -3.59. The van der Waals surface area contributed by atoms with Crippen LogP contribution < -0.4 is 20.1 Å². The molecule has 9 nitrogen and oxygen atoms in total. The smallest absolute Gasteiger partial charge is 0.313 e. The fourth-order valence-electron chi connectivity index (χ4n) is 3.18. The highest BCUT2D eigenvalue weighted by molar-refractivity contribution is 6.40. The molecule has 1 aliphatic rings. The first-order valence-corrected chi connectivity index (χ1v) is 9.77. The molecule has 1 heterocycles. The number of ether oxygens (including phenoxy) is 3. The van der Waals surface area contributed by atoms with Gasteiger partial charge in [-0.25, -0.2) is 0 Å². The van der Waals surface area contributed by atoms with E-state index >= 15 is 0 Å². The summed E-state index contributed by atoms with van der Waals surface area (Å²) in [6.07, 6.45) is -0.224. The maximum Gasteiger partial charge on any atom is 0.313 e. The van der Waals surface area contributed by atoms with Crippen LogP contribution in [0.25, 0.3) is 0 Å². The van der Waals surface area contributed by atoms with Crippen molar-refractivity contribution >= 4 is 23.4 Å². The second-order valence-electron chi connectivity index (χ2n) is 6.81. The van der Waals surface area contributed by atoms with Gasteiger partial charge in [-0.05, 0) is 17.7 Å². The molecule has 0 aromatic heterocycles. The number of morpholine rings is 1. The molecule has 1 aliphatic heterocycles. The number of nitrogens with one attached hydrogen (secondary N) is 2. The predicted octanol–water partition coefficient (Wildman–Crippen LogP) is 1.36. The maximum absolute atomic E-state index is 12.5. The molecule has 31 heavy (non-hydrogen) atoms. The third-order valence-electron chi connectivity index (χ3n) is 4.85. The summed E-state index contributed by atoms with van der Waals surface area (Å²) in [5, 5.41) is 4.83. The molecule has 1 fully saturated rings. The highest BCUT2D eigenvalue weighted by atomic mass is 16.5. The Balaban J connectivity index is 1.53. The van der Waals surface area contributed by atoms with Crippen LogP contribution in [0.5, 0.6) is 11.5 Å². The van der Waals surface area contributed by atoms with Gasteiger partial charge in [0, 0.05) is 12.6 Å². The number of methoxy groups -OCH3 is 2. The van der Waals surface area contributed by atoms with Crippen LogP contribution in [-0.4, -0.2) is 63.1 Å². The molecule has 0 bridgehead atoms. The Morgan fingerprint density at radius 3 is 2.55 bits per heavy atom. The number of rotatable bonds is 6. The summed E-state index contributed by atoms with van der Waals surface area (Å²) in [6, 6.07) is 14.4. The van der Waals surface area contributed by atoms with Gasteiger partial charge in [0.25, 0.3) is 0 Å². The van der Waals surface area contributed by atoms with E-state index in [-0.39, 0.29) is 24.2 Å². The quantitative estimate of drug-likeness (QED) is 0.675. The van der Waals surface area contributed by atoms with Crippen molar-refractivity contribution in [1.82, 2.24) is 10.2 Å². The standard InChI is InChI=1S/C22H25N3O6/c1-29-16-8-9-18(30-2)17(12-16)24-22(28)21(27)23-13-20(26)25-10-11-31-19(14-25)15-6-4-3-5-7-15/h3-9,12,19H,10-11,13-14H2,1-2H3,(H,23,27)(H,24,28). The van der Waals surface area contributed by atoms with Crippen LogP contribution in [0.3, 0.4) is 0 Å². The number of carbonyl (C=O) groups is 3. The van der Waals surface area contributed by atoms with Crippen LogP contribution in [0.4, 0.5) is 5.69 Å². The number of benzene rings is 2. The Morgan fingerprint density at radius 1 is 1.06 bits per heavy atom. The lowest BCUT2D eigenvalue weighted by Gasteiger charge is -2.33. The van der Waals surface area contributed by atoms with Gasteiger partial charge in [0.15, 0.2) is 0 Å². The number of anilines is 1. The summed E-state index contributed by atoms with van der Waals surface area (Å²) >= 11 is 0. The zero-order chi connectivity index (χ0) is 22.2. The second-order valence-corrected chi connectivity index (χ2v) is 6.81. The molecule has 2 aromatic carbocycles. The van der Waals surface area contributed by atoms with E-state index in [1.165, 1.54) is 20.3 Å². The van der Waals surface area contributed by atoms with Gasteiger partial charge >= 0.3 is 11.8 Å². The van der Waals surface area contributed by atoms with Crippen molar-refractivity contribution in [1.29, 1.82) is 0 Å². The highest BCUT2D eigenvalue weighted by Crippen LogP contribution is 2.28. The summed E-state index contributed by atoms with van der Waals surface area (Å²) in [7, 11) is 2.93. The van der Waals surface area contributed by atoms with Gasteiger partial charge in [-0.3, -0.25) is 14.4 Å². The van der Waals surface area contributed by atoms with E-state index in [1.54, 1.807) is 17.0 Å². The number of carbonyl (C=O) groups excluding carboxylic acids is 3. The molecule has 3 rings (SSSR count). The normalized spacial score (nSPS) is 15.7. The van der Waals surface area contributed by atoms with Crippen LogP contribution in [0.2, 0.25) is 0 Å². The van der Waals surface area contributed by atoms with Gasteiger partial charge in [-0.1, -0.05) is 30.3 Å². The number of amides is 3. The monoisotopic (exact) mass is 427 g/mol. The molecule has 0 aliphatic carbocycles. The number of hydrogen-bond donors (Lipinski definition) is 2. The lowest BCUT2D eigenvalue weighted by atomic mass is 10.1. The molecule has 1 atom stereocenters. The van der Waals surface area contributed by atoms with Crippen LogP contribution in [0.1, 0.15) is 11.7 Å². The summed E-state index contributed by atoms with van der Waals surface area (Å²) in [5.41, 5.74) is 1.27. The first-order valence-electron chi connectivity index (χ1n) is 9.77. The van der Waals surface area contributed by atoms with Crippen molar-refractivity contribution in [3.05, 3.63) is 54.1 Å². The van der Waals surface area contributed by atoms with Gasteiger partial charge < -0.3 is 29.7 Å². The van der Waals surface area contributed by atoms with Crippen molar-refractivity contribution in [2.75, 3.05) is 45.8 Å². The van der Waals surface area contributed by atoms with Crippen molar-refractivity contribution < 1.29 is 28.6 Å². The zero-order valence-corrected chi connectivity index (χ0v) is 17.4. The van der Waals surface area contributed by atoms with Crippen molar-refractivity contribution in [3.8, 4) is 11.5 Å². The van der Waals surface area contributed by atoms with Gasteiger partial charge in [-0.2, -0.15) is 0 Å². The van der Waals surface area contributed by atoms with Gasteiger partial charge in [0.1, 0.15) is 17.6 Å². The molecule has 0 saturated carbocycles. The van der Waals surface area contributed by atoms with Crippen LogP contribution in [0, 0.1) is 0 Å². The molecule has 164 valence electrons. The molecular formula is C22H25N3O6. The zero-order valence-electron chi connectivity index (χ0n) is 17.4. The van der Waals surface area contributed by atoms with E-state index in [2.05, 4.69) is 10.6 Å². The third-order valence-corrected chi connectivity index (χ3v) is 4.85. The molecule has 0 radical (unpaired) electrons. The van der Waals surface area contributed by atoms with E-state index in [9.17, 15) is 14.4 Å². The van der Waals surface area contributed by atoms with Crippen molar-refractivity contribution in [3.63, 3.8) is 0 Å².